The molecule has 1 aromatic heterocycles. The molecule has 3 aromatic carbocycles. The maximum Gasteiger partial charge on any atom is 0.224 e. The molecule has 172 valence electrons. The first-order valence-electron chi connectivity index (χ1n) is 11.3. The van der Waals surface area contributed by atoms with Gasteiger partial charge in [-0.1, -0.05) is 60.7 Å². The number of aromatic nitrogens is 1. The van der Waals surface area contributed by atoms with E-state index in [-0.39, 0.29) is 11.9 Å². The molecule has 1 N–H and O–H groups in total. The summed E-state index contributed by atoms with van der Waals surface area (Å²) in [5.41, 5.74) is 5.24. The number of pyridine rings is 1. The highest BCUT2D eigenvalue weighted by Gasteiger charge is 2.14. The van der Waals surface area contributed by atoms with Gasteiger partial charge >= 0.3 is 0 Å². The number of carbonyl (C=O) groups excluding carboxylic acids is 1. The van der Waals surface area contributed by atoms with Crippen LogP contribution >= 0.6 is 0 Å². The third-order valence-electron chi connectivity index (χ3n) is 5.63. The zero-order valence-electron chi connectivity index (χ0n) is 19.4. The van der Waals surface area contributed by atoms with Crippen LogP contribution in [0.25, 0.3) is 11.1 Å². The lowest BCUT2D eigenvalue weighted by Gasteiger charge is -2.17. The highest BCUT2D eigenvalue weighted by molar-refractivity contribution is 5.79. The molecule has 0 aliphatic carbocycles. The molecule has 5 nitrogen and oxygen atoms in total. The van der Waals surface area contributed by atoms with E-state index in [0.29, 0.717) is 24.5 Å². The first-order chi connectivity index (χ1) is 16.6. The highest BCUT2D eigenvalue weighted by Crippen LogP contribution is 2.31. The molecule has 0 aliphatic rings. The zero-order valence-corrected chi connectivity index (χ0v) is 19.4. The Kier molecular flexibility index (Phi) is 7.56. The van der Waals surface area contributed by atoms with Crippen molar-refractivity contribution in [2.75, 3.05) is 7.11 Å². The first kappa shape index (κ1) is 23.1. The van der Waals surface area contributed by atoms with Crippen molar-refractivity contribution >= 4 is 5.91 Å². The van der Waals surface area contributed by atoms with E-state index in [2.05, 4.69) is 34.6 Å². The summed E-state index contributed by atoms with van der Waals surface area (Å²) in [5.74, 6) is 1.25. The summed E-state index contributed by atoms with van der Waals surface area (Å²) < 4.78 is 11.4. The highest BCUT2D eigenvalue weighted by atomic mass is 16.5. The summed E-state index contributed by atoms with van der Waals surface area (Å²) in [7, 11) is 1.61. The fourth-order valence-electron chi connectivity index (χ4n) is 3.72. The van der Waals surface area contributed by atoms with E-state index in [0.717, 1.165) is 27.8 Å². The number of rotatable bonds is 9. The van der Waals surface area contributed by atoms with E-state index in [1.807, 2.05) is 67.6 Å². The molecule has 0 saturated heterocycles. The second-order valence-electron chi connectivity index (χ2n) is 8.08. The molecule has 34 heavy (non-hydrogen) atoms. The minimum atomic E-state index is -0.167. The zero-order chi connectivity index (χ0) is 23.8. The summed E-state index contributed by atoms with van der Waals surface area (Å²) in [6.45, 7) is 2.39. The molecule has 0 bridgehead atoms. The van der Waals surface area contributed by atoms with Gasteiger partial charge in [0.25, 0.3) is 0 Å². The number of hydrogen-bond donors (Lipinski definition) is 1. The van der Waals surface area contributed by atoms with E-state index in [4.69, 9.17) is 9.47 Å². The quantitative estimate of drug-likeness (QED) is 0.351. The van der Waals surface area contributed by atoms with Gasteiger partial charge in [0.05, 0.1) is 19.6 Å². The monoisotopic (exact) mass is 452 g/mol. The normalized spacial score (nSPS) is 11.5. The van der Waals surface area contributed by atoms with Crippen molar-refractivity contribution in [1.29, 1.82) is 0 Å². The number of hydrogen-bond acceptors (Lipinski definition) is 4. The maximum atomic E-state index is 12.7. The van der Waals surface area contributed by atoms with Gasteiger partial charge in [-0.2, -0.15) is 0 Å². The minimum Gasteiger partial charge on any atom is -0.493 e. The SMILES string of the molecule is COc1cc(C(C)NC(=O)Cc2ccc(-c3ccccc3)cc2)ccc1OCc1ccncc1. The molecule has 0 fully saturated rings. The van der Waals surface area contributed by atoms with Gasteiger partial charge in [-0.05, 0) is 59.0 Å². The van der Waals surface area contributed by atoms with Crippen LogP contribution in [0.2, 0.25) is 0 Å². The number of ether oxygens (including phenoxy) is 2. The molecule has 0 spiro atoms. The Morgan fingerprint density at radius 2 is 1.56 bits per heavy atom. The van der Waals surface area contributed by atoms with Crippen molar-refractivity contribution in [2.24, 2.45) is 0 Å². The Hall–Kier alpha value is -4.12. The van der Waals surface area contributed by atoms with Gasteiger partial charge in [-0.15, -0.1) is 0 Å². The average Bonchev–Trinajstić information content (AvgIpc) is 2.89. The average molecular weight is 453 g/mol. The molecular weight excluding hydrogens is 424 g/mol. The van der Waals surface area contributed by atoms with Crippen LogP contribution < -0.4 is 14.8 Å². The van der Waals surface area contributed by atoms with Gasteiger partial charge < -0.3 is 14.8 Å². The Bertz CT molecular complexity index is 1210. The van der Waals surface area contributed by atoms with Crippen LogP contribution in [-0.2, 0) is 17.8 Å². The van der Waals surface area contributed by atoms with Crippen molar-refractivity contribution in [1.82, 2.24) is 10.3 Å². The Morgan fingerprint density at radius 3 is 2.26 bits per heavy atom. The molecular formula is C29H28N2O3. The van der Waals surface area contributed by atoms with E-state index in [1.165, 1.54) is 0 Å². The summed E-state index contributed by atoms with van der Waals surface area (Å²) >= 11 is 0. The number of amides is 1. The van der Waals surface area contributed by atoms with Crippen LogP contribution in [-0.4, -0.2) is 18.0 Å². The van der Waals surface area contributed by atoms with Gasteiger partial charge in [0, 0.05) is 12.4 Å². The third-order valence-corrected chi connectivity index (χ3v) is 5.63. The molecule has 4 rings (SSSR count). The Balaban J connectivity index is 1.35. The van der Waals surface area contributed by atoms with Crippen molar-refractivity contribution in [3.8, 4) is 22.6 Å². The molecule has 0 aliphatic heterocycles. The van der Waals surface area contributed by atoms with Crippen LogP contribution in [0, 0.1) is 0 Å². The second kappa shape index (κ2) is 11.1. The smallest absolute Gasteiger partial charge is 0.224 e. The molecule has 0 saturated carbocycles. The Labute approximate surface area is 200 Å². The van der Waals surface area contributed by atoms with E-state index >= 15 is 0 Å². The van der Waals surface area contributed by atoms with Crippen molar-refractivity contribution in [3.05, 3.63) is 114 Å². The standard InChI is InChI=1S/C29H28N2O3/c1-21(26-12-13-27(28(19-26)33-2)34-20-23-14-16-30-17-15-23)31-29(32)18-22-8-10-25(11-9-22)24-6-4-3-5-7-24/h3-17,19,21H,18,20H2,1-2H3,(H,31,32). The molecule has 5 heteroatoms. The molecule has 0 radical (unpaired) electrons. The van der Waals surface area contributed by atoms with E-state index < -0.39 is 0 Å². The van der Waals surface area contributed by atoms with Gasteiger partial charge in [0.1, 0.15) is 6.61 Å². The second-order valence-corrected chi connectivity index (χ2v) is 8.08. The number of methoxy groups -OCH3 is 1. The lowest BCUT2D eigenvalue weighted by Crippen LogP contribution is -2.28. The first-order valence-corrected chi connectivity index (χ1v) is 11.3. The fraction of sp³-hybridized carbons (Fsp3) is 0.172. The Morgan fingerprint density at radius 1 is 0.853 bits per heavy atom. The van der Waals surface area contributed by atoms with Crippen molar-refractivity contribution < 1.29 is 14.3 Å². The number of nitrogens with zero attached hydrogens (tertiary/aromatic N) is 1. The van der Waals surface area contributed by atoms with Crippen LogP contribution in [0.5, 0.6) is 11.5 Å². The van der Waals surface area contributed by atoms with Gasteiger partial charge in [-0.25, -0.2) is 0 Å². The van der Waals surface area contributed by atoms with E-state index in [1.54, 1.807) is 19.5 Å². The number of benzene rings is 3. The van der Waals surface area contributed by atoms with Crippen molar-refractivity contribution in [3.63, 3.8) is 0 Å². The minimum absolute atomic E-state index is 0.0306. The molecule has 1 heterocycles. The number of carbonyl (C=O) groups is 1. The van der Waals surface area contributed by atoms with Crippen molar-refractivity contribution in [2.45, 2.75) is 26.0 Å². The third kappa shape index (κ3) is 6.01. The van der Waals surface area contributed by atoms with Gasteiger partial charge in [0.2, 0.25) is 5.91 Å². The summed E-state index contributed by atoms with van der Waals surface area (Å²) in [4.78, 5) is 16.7. The van der Waals surface area contributed by atoms with Crippen LogP contribution in [0.3, 0.4) is 0 Å². The van der Waals surface area contributed by atoms with Crippen LogP contribution in [0.1, 0.15) is 29.7 Å². The molecule has 1 amide bonds. The largest absolute Gasteiger partial charge is 0.493 e. The van der Waals surface area contributed by atoms with Gasteiger partial charge in [0.15, 0.2) is 11.5 Å². The summed E-state index contributed by atoms with van der Waals surface area (Å²) in [6, 6.07) is 27.7. The summed E-state index contributed by atoms with van der Waals surface area (Å²) in [5, 5.41) is 3.08. The maximum absolute atomic E-state index is 12.7. The van der Waals surface area contributed by atoms with Crippen LogP contribution in [0.4, 0.5) is 0 Å². The van der Waals surface area contributed by atoms with Gasteiger partial charge in [-0.3, -0.25) is 9.78 Å². The summed E-state index contributed by atoms with van der Waals surface area (Å²) in [6.07, 6.45) is 3.80. The lowest BCUT2D eigenvalue weighted by molar-refractivity contribution is -0.121. The topological polar surface area (TPSA) is 60.5 Å². The predicted octanol–water partition coefficient (Wildman–Crippen LogP) is 5.76. The lowest BCUT2D eigenvalue weighted by atomic mass is 10.0. The molecule has 1 unspecified atom stereocenters. The molecule has 1 atom stereocenters. The number of nitrogens with one attached hydrogen (secondary N) is 1. The fourth-order valence-corrected chi connectivity index (χ4v) is 3.72. The molecule has 4 aromatic rings. The van der Waals surface area contributed by atoms with Crippen LogP contribution in [0.15, 0.2) is 97.3 Å². The van der Waals surface area contributed by atoms with E-state index in [9.17, 15) is 4.79 Å². The predicted molar refractivity (Wildman–Crippen MR) is 134 cm³/mol.